The number of methoxy groups -OCH3 is 1. The SMILES string of the molecule is COc1cccc(CCNc2nncc(Nc3cccc(Cl)c3C)n2)c1. The van der Waals surface area contributed by atoms with E-state index in [1.807, 2.05) is 43.3 Å². The summed E-state index contributed by atoms with van der Waals surface area (Å²) in [6, 6.07) is 13.7. The molecule has 7 heteroatoms. The van der Waals surface area contributed by atoms with Crippen LogP contribution in [0.2, 0.25) is 5.02 Å². The minimum atomic E-state index is 0.470. The molecule has 0 radical (unpaired) electrons. The van der Waals surface area contributed by atoms with Crippen LogP contribution in [0.5, 0.6) is 5.75 Å². The van der Waals surface area contributed by atoms with Crippen molar-refractivity contribution in [2.24, 2.45) is 0 Å². The van der Waals surface area contributed by atoms with Crippen LogP contribution in [0.15, 0.2) is 48.7 Å². The van der Waals surface area contributed by atoms with E-state index < -0.39 is 0 Å². The minimum Gasteiger partial charge on any atom is -0.497 e. The van der Waals surface area contributed by atoms with Gasteiger partial charge < -0.3 is 15.4 Å². The Kier molecular flexibility index (Phi) is 5.86. The molecule has 0 saturated carbocycles. The zero-order chi connectivity index (χ0) is 18.4. The summed E-state index contributed by atoms with van der Waals surface area (Å²) in [6.07, 6.45) is 2.40. The lowest BCUT2D eigenvalue weighted by atomic mass is 10.1. The molecule has 6 nitrogen and oxygen atoms in total. The fraction of sp³-hybridized carbons (Fsp3) is 0.211. The molecule has 134 valence electrons. The molecule has 0 amide bonds. The Labute approximate surface area is 157 Å². The lowest BCUT2D eigenvalue weighted by Crippen LogP contribution is -2.10. The standard InChI is InChI=1S/C19H20ClN5O/c1-13-16(20)7-4-8-17(13)23-18-12-22-25-19(24-18)21-10-9-14-5-3-6-15(11-14)26-2/h3-8,11-12H,9-10H2,1-2H3,(H2,21,23,24,25). The summed E-state index contributed by atoms with van der Waals surface area (Å²) in [5, 5.41) is 15.1. The predicted molar refractivity (Wildman–Crippen MR) is 104 cm³/mol. The van der Waals surface area contributed by atoms with Crippen LogP contribution in [-0.4, -0.2) is 28.8 Å². The highest BCUT2D eigenvalue weighted by atomic mass is 35.5. The van der Waals surface area contributed by atoms with Gasteiger partial charge in [0.2, 0.25) is 5.95 Å². The molecule has 0 aliphatic rings. The smallest absolute Gasteiger partial charge is 0.244 e. The summed E-state index contributed by atoms with van der Waals surface area (Å²) in [4.78, 5) is 4.44. The second-order valence-corrected chi connectivity index (χ2v) is 6.14. The second-order valence-electron chi connectivity index (χ2n) is 5.73. The average Bonchev–Trinajstić information content (AvgIpc) is 2.66. The summed E-state index contributed by atoms with van der Waals surface area (Å²) >= 11 is 6.15. The van der Waals surface area contributed by atoms with Gasteiger partial charge in [-0.3, -0.25) is 0 Å². The summed E-state index contributed by atoms with van der Waals surface area (Å²) in [6.45, 7) is 2.64. The quantitative estimate of drug-likeness (QED) is 0.649. The first kappa shape index (κ1) is 17.9. The van der Waals surface area contributed by atoms with E-state index in [1.165, 1.54) is 5.56 Å². The lowest BCUT2D eigenvalue weighted by Gasteiger charge is -2.10. The van der Waals surface area contributed by atoms with Crippen molar-refractivity contribution >= 4 is 29.1 Å². The van der Waals surface area contributed by atoms with Crippen LogP contribution in [0, 0.1) is 6.92 Å². The summed E-state index contributed by atoms with van der Waals surface area (Å²) in [5.41, 5.74) is 3.02. The molecule has 0 saturated heterocycles. The molecule has 1 heterocycles. The molecule has 0 atom stereocenters. The highest BCUT2D eigenvalue weighted by Gasteiger charge is 2.05. The Balaban J connectivity index is 1.61. The van der Waals surface area contributed by atoms with Crippen LogP contribution >= 0.6 is 11.6 Å². The zero-order valence-electron chi connectivity index (χ0n) is 14.7. The number of hydrogen-bond acceptors (Lipinski definition) is 6. The van der Waals surface area contributed by atoms with Crippen molar-refractivity contribution in [3.8, 4) is 5.75 Å². The van der Waals surface area contributed by atoms with Gasteiger partial charge in [-0.15, -0.1) is 5.10 Å². The minimum absolute atomic E-state index is 0.470. The van der Waals surface area contributed by atoms with Crippen LogP contribution < -0.4 is 15.4 Å². The Morgan fingerprint density at radius 2 is 2.00 bits per heavy atom. The topological polar surface area (TPSA) is 72.0 Å². The summed E-state index contributed by atoms with van der Waals surface area (Å²) in [5.74, 6) is 1.93. The maximum Gasteiger partial charge on any atom is 0.244 e. The van der Waals surface area contributed by atoms with Crippen molar-refractivity contribution < 1.29 is 4.74 Å². The number of ether oxygens (including phenoxy) is 1. The normalized spacial score (nSPS) is 10.4. The van der Waals surface area contributed by atoms with Crippen LogP contribution in [0.1, 0.15) is 11.1 Å². The van der Waals surface area contributed by atoms with Crippen molar-refractivity contribution in [1.82, 2.24) is 15.2 Å². The number of aromatic nitrogens is 3. The number of nitrogens with zero attached hydrogens (tertiary/aromatic N) is 3. The number of rotatable bonds is 7. The summed E-state index contributed by atoms with van der Waals surface area (Å²) in [7, 11) is 1.66. The molecule has 3 rings (SSSR count). The second kappa shape index (κ2) is 8.49. The van der Waals surface area contributed by atoms with Crippen molar-refractivity contribution in [3.05, 3.63) is 64.8 Å². The van der Waals surface area contributed by atoms with Crippen LogP contribution in [0.3, 0.4) is 0 Å². The third kappa shape index (κ3) is 4.61. The van der Waals surface area contributed by atoms with Crippen LogP contribution in [0.4, 0.5) is 17.5 Å². The molecule has 26 heavy (non-hydrogen) atoms. The van der Waals surface area contributed by atoms with Gasteiger partial charge in [0.15, 0.2) is 5.82 Å². The Bertz CT molecular complexity index is 887. The van der Waals surface area contributed by atoms with E-state index in [2.05, 4.69) is 31.9 Å². The third-order valence-corrected chi connectivity index (χ3v) is 4.33. The van der Waals surface area contributed by atoms with E-state index in [0.29, 0.717) is 23.3 Å². The van der Waals surface area contributed by atoms with Gasteiger partial charge in [-0.2, -0.15) is 10.1 Å². The average molecular weight is 370 g/mol. The van der Waals surface area contributed by atoms with E-state index in [0.717, 1.165) is 23.4 Å². The molecule has 1 aromatic heterocycles. The highest BCUT2D eigenvalue weighted by Crippen LogP contribution is 2.25. The number of hydrogen-bond donors (Lipinski definition) is 2. The number of halogens is 1. The summed E-state index contributed by atoms with van der Waals surface area (Å²) < 4.78 is 5.24. The van der Waals surface area contributed by atoms with Gasteiger partial charge in [-0.1, -0.05) is 29.8 Å². The number of nitrogens with one attached hydrogen (secondary N) is 2. The highest BCUT2D eigenvalue weighted by molar-refractivity contribution is 6.31. The fourth-order valence-corrected chi connectivity index (χ4v) is 2.64. The maximum atomic E-state index is 6.15. The Morgan fingerprint density at radius 3 is 2.85 bits per heavy atom. The maximum absolute atomic E-state index is 6.15. The molecule has 0 aliphatic heterocycles. The van der Waals surface area contributed by atoms with E-state index in [-0.39, 0.29) is 0 Å². The van der Waals surface area contributed by atoms with Gasteiger partial charge in [-0.05, 0) is 48.7 Å². The molecule has 0 bridgehead atoms. The largest absolute Gasteiger partial charge is 0.497 e. The Morgan fingerprint density at radius 1 is 1.15 bits per heavy atom. The monoisotopic (exact) mass is 369 g/mol. The first-order valence-corrected chi connectivity index (χ1v) is 8.62. The molecule has 0 aliphatic carbocycles. The molecule has 2 aromatic carbocycles. The molecule has 0 fully saturated rings. The van der Waals surface area contributed by atoms with Gasteiger partial charge >= 0.3 is 0 Å². The van der Waals surface area contributed by atoms with Gasteiger partial charge in [0.05, 0.1) is 13.3 Å². The van der Waals surface area contributed by atoms with E-state index in [4.69, 9.17) is 16.3 Å². The third-order valence-electron chi connectivity index (χ3n) is 3.92. The number of benzene rings is 2. The zero-order valence-corrected chi connectivity index (χ0v) is 15.4. The van der Waals surface area contributed by atoms with Crippen molar-refractivity contribution in [1.29, 1.82) is 0 Å². The van der Waals surface area contributed by atoms with Gasteiger partial charge in [-0.25, -0.2) is 0 Å². The fourth-order valence-electron chi connectivity index (χ4n) is 2.47. The molecular formula is C19H20ClN5O. The first-order chi connectivity index (χ1) is 12.7. The van der Waals surface area contributed by atoms with Gasteiger partial charge in [0, 0.05) is 17.3 Å². The van der Waals surface area contributed by atoms with E-state index >= 15 is 0 Å². The number of anilines is 3. The van der Waals surface area contributed by atoms with Crippen LogP contribution in [-0.2, 0) is 6.42 Å². The molecule has 2 N–H and O–H groups in total. The van der Waals surface area contributed by atoms with Crippen LogP contribution in [0.25, 0.3) is 0 Å². The van der Waals surface area contributed by atoms with E-state index in [9.17, 15) is 0 Å². The van der Waals surface area contributed by atoms with Gasteiger partial charge in [0.25, 0.3) is 0 Å². The Hall–Kier alpha value is -2.86. The van der Waals surface area contributed by atoms with Crippen molar-refractivity contribution in [2.75, 3.05) is 24.3 Å². The van der Waals surface area contributed by atoms with Gasteiger partial charge in [0.1, 0.15) is 5.75 Å². The molecule has 3 aromatic rings. The lowest BCUT2D eigenvalue weighted by molar-refractivity contribution is 0.414. The van der Waals surface area contributed by atoms with E-state index in [1.54, 1.807) is 13.3 Å². The molecule has 0 unspecified atom stereocenters. The van der Waals surface area contributed by atoms with Crippen molar-refractivity contribution in [3.63, 3.8) is 0 Å². The predicted octanol–water partition coefficient (Wildman–Crippen LogP) is 4.24. The molecule has 0 spiro atoms. The first-order valence-electron chi connectivity index (χ1n) is 8.24. The molecular weight excluding hydrogens is 350 g/mol. The van der Waals surface area contributed by atoms with Crippen molar-refractivity contribution in [2.45, 2.75) is 13.3 Å².